The summed E-state index contributed by atoms with van der Waals surface area (Å²) in [5.41, 5.74) is 8.80. The number of pyridine rings is 1. The van der Waals surface area contributed by atoms with Crippen LogP contribution >= 0.6 is 0 Å². The first-order valence-corrected chi connectivity index (χ1v) is 6.45. The molecule has 1 heterocycles. The van der Waals surface area contributed by atoms with E-state index in [0.717, 1.165) is 23.4 Å². The Balaban J connectivity index is 2.04. The number of anilines is 2. The van der Waals surface area contributed by atoms with E-state index in [1.54, 1.807) is 12.4 Å². The summed E-state index contributed by atoms with van der Waals surface area (Å²) in [6.07, 6.45) is 4.52. The lowest BCUT2D eigenvalue weighted by Gasteiger charge is -2.13. The number of rotatable bonds is 6. The van der Waals surface area contributed by atoms with Gasteiger partial charge in [-0.2, -0.15) is 0 Å². The summed E-state index contributed by atoms with van der Waals surface area (Å²) in [6.45, 7) is 3.46. The zero-order valence-corrected chi connectivity index (χ0v) is 11.1. The van der Waals surface area contributed by atoms with Crippen molar-refractivity contribution >= 4 is 11.4 Å². The van der Waals surface area contributed by atoms with Crippen LogP contribution in [0.3, 0.4) is 0 Å². The topological polar surface area (TPSA) is 60.2 Å². The molecule has 19 heavy (non-hydrogen) atoms. The molecule has 4 nitrogen and oxygen atoms in total. The molecule has 0 bridgehead atoms. The predicted molar refractivity (Wildman–Crippen MR) is 78.2 cm³/mol. The molecule has 0 amide bonds. The lowest BCUT2D eigenvalue weighted by molar-refractivity contribution is 0.319. The quantitative estimate of drug-likeness (QED) is 0.781. The van der Waals surface area contributed by atoms with Gasteiger partial charge in [0.05, 0.1) is 18.0 Å². The van der Waals surface area contributed by atoms with E-state index < -0.39 is 0 Å². The van der Waals surface area contributed by atoms with Crippen LogP contribution in [0, 0.1) is 0 Å². The largest absolute Gasteiger partial charge is 0.491 e. The highest BCUT2D eigenvalue weighted by molar-refractivity contribution is 5.72. The number of nitrogens with zero attached hydrogens (tertiary/aromatic N) is 1. The summed E-state index contributed by atoms with van der Waals surface area (Å²) >= 11 is 0. The molecule has 0 saturated heterocycles. The fraction of sp³-hybridized carbons (Fsp3) is 0.267. The Kier molecular flexibility index (Phi) is 4.61. The Hall–Kier alpha value is -2.23. The van der Waals surface area contributed by atoms with Gasteiger partial charge in [0.2, 0.25) is 0 Å². The summed E-state index contributed by atoms with van der Waals surface area (Å²) in [5, 5.41) is 3.31. The third-order valence-electron chi connectivity index (χ3n) is 2.76. The Bertz CT molecular complexity index is 514. The highest BCUT2D eigenvalue weighted by Crippen LogP contribution is 2.29. The molecule has 0 unspecified atom stereocenters. The minimum atomic E-state index is 0.657. The first-order chi connectivity index (χ1) is 9.31. The molecule has 2 rings (SSSR count). The zero-order chi connectivity index (χ0) is 13.5. The van der Waals surface area contributed by atoms with Crippen molar-refractivity contribution < 1.29 is 4.74 Å². The van der Waals surface area contributed by atoms with Gasteiger partial charge in [-0.15, -0.1) is 0 Å². The normalized spacial score (nSPS) is 10.2. The Morgan fingerprint density at radius 1 is 1.21 bits per heavy atom. The number of para-hydroxylation sites is 1. The summed E-state index contributed by atoms with van der Waals surface area (Å²) < 4.78 is 5.60. The van der Waals surface area contributed by atoms with Gasteiger partial charge in [-0.25, -0.2) is 0 Å². The molecule has 0 fully saturated rings. The van der Waals surface area contributed by atoms with E-state index >= 15 is 0 Å². The maximum atomic E-state index is 6.09. The van der Waals surface area contributed by atoms with Gasteiger partial charge in [-0.3, -0.25) is 4.98 Å². The van der Waals surface area contributed by atoms with Crippen LogP contribution in [0.1, 0.15) is 18.9 Å². The molecule has 1 aromatic heterocycles. The highest BCUT2D eigenvalue weighted by atomic mass is 16.5. The second-order valence-electron chi connectivity index (χ2n) is 4.27. The number of benzene rings is 1. The van der Waals surface area contributed by atoms with E-state index in [1.807, 2.05) is 30.3 Å². The van der Waals surface area contributed by atoms with Crippen molar-refractivity contribution in [1.29, 1.82) is 0 Å². The van der Waals surface area contributed by atoms with Crippen LogP contribution in [-0.2, 0) is 6.54 Å². The summed E-state index contributed by atoms with van der Waals surface area (Å²) in [6, 6.07) is 9.73. The third kappa shape index (κ3) is 3.61. The first kappa shape index (κ1) is 13.2. The number of nitrogen functional groups attached to an aromatic ring is 1. The maximum absolute atomic E-state index is 6.09. The Morgan fingerprint density at radius 2 is 2.00 bits per heavy atom. The molecule has 0 saturated carbocycles. The molecule has 0 aliphatic heterocycles. The molecule has 0 aliphatic rings. The average Bonchev–Trinajstić information content (AvgIpc) is 2.46. The van der Waals surface area contributed by atoms with E-state index in [0.29, 0.717) is 18.8 Å². The lowest BCUT2D eigenvalue weighted by Crippen LogP contribution is -2.05. The molecule has 0 radical (unpaired) electrons. The molecule has 0 aliphatic carbocycles. The van der Waals surface area contributed by atoms with Gasteiger partial charge in [-0.05, 0) is 36.2 Å². The van der Waals surface area contributed by atoms with Gasteiger partial charge in [0, 0.05) is 18.9 Å². The van der Waals surface area contributed by atoms with Crippen LogP contribution in [-0.4, -0.2) is 11.6 Å². The van der Waals surface area contributed by atoms with Gasteiger partial charge in [0.15, 0.2) is 0 Å². The molecule has 0 atom stereocenters. The SMILES string of the molecule is CCCOc1cccc(NCc2ccncc2)c1N. The Labute approximate surface area is 113 Å². The molecule has 100 valence electrons. The maximum Gasteiger partial charge on any atom is 0.144 e. The van der Waals surface area contributed by atoms with Crippen molar-refractivity contribution in [3.8, 4) is 5.75 Å². The van der Waals surface area contributed by atoms with Crippen molar-refractivity contribution in [2.75, 3.05) is 17.7 Å². The molecule has 4 heteroatoms. The molecule has 3 N–H and O–H groups in total. The van der Waals surface area contributed by atoms with Gasteiger partial charge in [0.1, 0.15) is 5.75 Å². The second kappa shape index (κ2) is 6.64. The van der Waals surface area contributed by atoms with Crippen molar-refractivity contribution in [3.63, 3.8) is 0 Å². The number of hydrogen-bond acceptors (Lipinski definition) is 4. The third-order valence-corrected chi connectivity index (χ3v) is 2.76. The van der Waals surface area contributed by atoms with Crippen LogP contribution in [0.2, 0.25) is 0 Å². The zero-order valence-electron chi connectivity index (χ0n) is 11.1. The molecule has 2 aromatic rings. The number of nitrogens with one attached hydrogen (secondary N) is 1. The minimum absolute atomic E-state index is 0.657. The van der Waals surface area contributed by atoms with Crippen molar-refractivity contribution in [2.24, 2.45) is 0 Å². The van der Waals surface area contributed by atoms with Crippen LogP contribution in [0.15, 0.2) is 42.7 Å². The lowest BCUT2D eigenvalue weighted by atomic mass is 10.2. The van der Waals surface area contributed by atoms with Gasteiger partial charge >= 0.3 is 0 Å². The summed E-state index contributed by atoms with van der Waals surface area (Å²) in [7, 11) is 0. The van der Waals surface area contributed by atoms with Gasteiger partial charge < -0.3 is 15.8 Å². The van der Waals surface area contributed by atoms with E-state index in [1.165, 1.54) is 0 Å². The van der Waals surface area contributed by atoms with E-state index in [2.05, 4.69) is 17.2 Å². The smallest absolute Gasteiger partial charge is 0.144 e. The van der Waals surface area contributed by atoms with Crippen molar-refractivity contribution in [3.05, 3.63) is 48.3 Å². The van der Waals surface area contributed by atoms with Crippen LogP contribution in [0.5, 0.6) is 5.75 Å². The molecular weight excluding hydrogens is 238 g/mol. The van der Waals surface area contributed by atoms with Crippen molar-refractivity contribution in [2.45, 2.75) is 19.9 Å². The van der Waals surface area contributed by atoms with E-state index in [9.17, 15) is 0 Å². The summed E-state index contributed by atoms with van der Waals surface area (Å²) in [5.74, 6) is 0.738. The van der Waals surface area contributed by atoms with Gasteiger partial charge in [0.25, 0.3) is 0 Å². The average molecular weight is 257 g/mol. The van der Waals surface area contributed by atoms with E-state index in [4.69, 9.17) is 10.5 Å². The van der Waals surface area contributed by atoms with Crippen LogP contribution in [0.25, 0.3) is 0 Å². The standard InChI is InChI=1S/C15H19N3O/c1-2-10-19-14-5-3-4-13(15(14)16)18-11-12-6-8-17-9-7-12/h3-9,18H,2,10-11,16H2,1H3. The van der Waals surface area contributed by atoms with Crippen LogP contribution in [0.4, 0.5) is 11.4 Å². The minimum Gasteiger partial charge on any atom is -0.491 e. The second-order valence-corrected chi connectivity index (χ2v) is 4.27. The highest BCUT2D eigenvalue weighted by Gasteiger charge is 2.05. The Morgan fingerprint density at radius 3 is 2.74 bits per heavy atom. The van der Waals surface area contributed by atoms with Gasteiger partial charge in [-0.1, -0.05) is 13.0 Å². The monoisotopic (exact) mass is 257 g/mol. The molecule has 0 spiro atoms. The number of ether oxygens (including phenoxy) is 1. The summed E-state index contributed by atoms with van der Waals surface area (Å²) in [4.78, 5) is 3.99. The number of aromatic nitrogens is 1. The first-order valence-electron chi connectivity index (χ1n) is 6.45. The predicted octanol–water partition coefficient (Wildman–Crippen LogP) is 3.06. The fourth-order valence-electron chi connectivity index (χ4n) is 1.73. The molecular formula is C15H19N3O. The van der Waals surface area contributed by atoms with E-state index in [-0.39, 0.29) is 0 Å². The fourth-order valence-corrected chi connectivity index (χ4v) is 1.73. The number of hydrogen-bond donors (Lipinski definition) is 2. The van der Waals surface area contributed by atoms with Crippen LogP contribution < -0.4 is 15.8 Å². The van der Waals surface area contributed by atoms with Crippen molar-refractivity contribution in [1.82, 2.24) is 4.98 Å². The molecule has 1 aromatic carbocycles. The number of nitrogens with two attached hydrogens (primary N) is 1.